The molecule has 0 amide bonds. The molecule has 2 aromatic rings. The van der Waals surface area contributed by atoms with E-state index in [9.17, 15) is 0 Å². The minimum atomic E-state index is 0. The first kappa shape index (κ1) is 19.1. The Kier molecular flexibility index (Phi) is 8.23. The molecule has 23 heavy (non-hydrogen) atoms. The molecule has 0 spiro atoms. The first-order valence-corrected chi connectivity index (χ1v) is 7.40. The van der Waals surface area contributed by atoms with Crippen molar-refractivity contribution < 1.29 is 9.47 Å². The van der Waals surface area contributed by atoms with E-state index in [0.29, 0.717) is 6.61 Å². The minimum absolute atomic E-state index is 0. The lowest BCUT2D eigenvalue weighted by atomic mass is 10.1. The maximum Gasteiger partial charge on any atom is 0.161 e. The first-order chi connectivity index (χ1) is 10.7. The van der Waals surface area contributed by atoms with Crippen LogP contribution in [0.1, 0.15) is 16.7 Å². The number of halogens is 1. The second-order valence-electron chi connectivity index (χ2n) is 5.12. The van der Waals surface area contributed by atoms with Gasteiger partial charge >= 0.3 is 0 Å². The molecule has 2 rings (SSSR count). The van der Waals surface area contributed by atoms with E-state index in [2.05, 4.69) is 31.0 Å². The molecule has 0 saturated heterocycles. The highest BCUT2D eigenvalue weighted by atomic mass is 35.5. The average Bonchev–Trinajstić information content (AvgIpc) is 2.55. The molecule has 0 aliphatic carbocycles. The van der Waals surface area contributed by atoms with Crippen molar-refractivity contribution in [3.63, 3.8) is 0 Å². The second kappa shape index (κ2) is 9.93. The fourth-order valence-corrected chi connectivity index (χ4v) is 2.19. The predicted molar refractivity (Wildman–Crippen MR) is 97.7 cm³/mol. The van der Waals surface area contributed by atoms with Crippen molar-refractivity contribution in [3.05, 3.63) is 71.8 Å². The molecular formula is C19H24ClNO2. The third-order valence-electron chi connectivity index (χ3n) is 3.49. The van der Waals surface area contributed by atoms with E-state index in [0.717, 1.165) is 30.2 Å². The molecule has 1 N–H and O–H groups in total. The molecule has 0 heterocycles. The minimum Gasteiger partial charge on any atom is -0.493 e. The summed E-state index contributed by atoms with van der Waals surface area (Å²) in [7, 11) is 1.66. The van der Waals surface area contributed by atoms with Gasteiger partial charge in [-0.25, -0.2) is 0 Å². The second-order valence-corrected chi connectivity index (χ2v) is 5.12. The van der Waals surface area contributed by atoms with Gasteiger partial charge in [0.25, 0.3) is 0 Å². The molecule has 4 heteroatoms. The van der Waals surface area contributed by atoms with Gasteiger partial charge in [0.05, 0.1) is 7.11 Å². The summed E-state index contributed by atoms with van der Waals surface area (Å²) in [6, 6.07) is 14.2. The maximum atomic E-state index is 5.91. The van der Waals surface area contributed by atoms with Crippen molar-refractivity contribution in [1.82, 2.24) is 5.32 Å². The van der Waals surface area contributed by atoms with Crippen molar-refractivity contribution in [2.24, 2.45) is 0 Å². The van der Waals surface area contributed by atoms with Gasteiger partial charge in [-0.05, 0) is 35.7 Å². The quantitative estimate of drug-likeness (QED) is 0.577. The highest BCUT2D eigenvalue weighted by molar-refractivity contribution is 5.85. The van der Waals surface area contributed by atoms with Crippen LogP contribution in [0.4, 0.5) is 0 Å². The Labute approximate surface area is 144 Å². The zero-order valence-electron chi connectivity index (χ0n) is 13.7. The number of nitrogens with one attached hydrogen (secondary N) is 1. The summed E-state index contributed by atoms with van der Waals surface area (Å²) >= 11 is 0. The zero-order chi connectivity index (χ0) is 15.8. The van der Waals surface area contributed by atoms with Crippen LogP contribution in [-0.2, 0) is 13.2 Å². The predicted octanol–water partition coefficient (Wildman–Crippen LogP) is 4.28. The monoisotopic (exact) mass is 333 g/mol. The van der Waals surface area contributed by atoms with Gasteiger partial charge in [0.15, 0.2) is 11.5 Å². The number of methoxy groups -OCH3 is 1. The fraction of sp³-hybridized carbons (Fsp3) is 0.263. The molecule has 0 aromatic heterocycles. The van der Waals surface area contributed by atoms with Crippen molar-refractivity contribution >= 4 is 12.4 Å². The molecule has 0 unspecified atom stereocenters. The zero-order valence-corrected chi connectivity index (χ0v) is 14.5. The lowest BCUT2D eigenvalue weighted by Gasteiger charge is -2.13. The fourth-order valence-electron chi connectivity index (χ4n) is 2.19. The van der Waals surface area contributed by atoms with Crippen LogP contribution >= 0.6 is 12.4 Å². The normalized spacial score (nSPS) is 9.83. The molecule has 0 bridgehead atoms. The van der Waals surface area contributed by atoms with Crippen LogP contribution in [0.3, 0.4) is 0 Å². The Balaban J connectivity index is 0.00000264. The van der Waals surface area contributed by atoms with Crippen molar-refractivity contribution in [3.8, 4) is 11.5 Å². The number of hydrogen-bond acceptors (Lipinski definition) is 3. The number of hydrogen-bond donors (Lipinski definition) is 1. The molecule has 0 fully saturated rings. The Morgan fingerprint density at radius 3 is 2.61 bits per heavy atom. The van der Waals surface area contributed by atoms with Gasteiger partial charge in [0.1, 0.15) is 6.61 Å². The van der Waals surface area contributed by atoms with Crippen LogP contribution in [0.15, 0.2) is 55.1 Å². The summed E-state index contributed by atoms with van der Waals surface area (Å²) < 4.78 is 11.4. The summed E-state index contributed by atoms with van der Waals surface area (Å²) in [6.07, 6.45) is 1.84. The van der Waals surface area contributed by atoms with Crippen molar-refractivity contribution in [2.75, 3.05) is 13.7 Å². The van der Waals surface area contributed by atoms with E-state index in [1.54, 1.807) is 7.11 Å². The molecule has 0 aliphatic rings. The summed E-state index contributed by atoms with van der Waals surface area (Å²) in [5.74, 6) is 1.52. The maximum absolute atomic E-state index is 5.91. The van der Waals surface area contributed by atoms with E-state index in [1.165, 1.54) is 11.1 Å². The van der Waals surface area contributed by atoms with E-state index >= 15 is 0 Å². The standard InChI is InChI=1S/C19H23NO2.ClH/c1-4-11-20-13-16-9-10-18(19(12-16)21-3)22-14-17-8-6-5-7-15(17)2;/h4-10,12,20H,1,11,13-14H2,2-3H3;1H. The summed E-state index contributed by atoms with van der Waals surface area (Å²) in [5.41, 5.74) is 3.56. The first-order valence-electron chi connectivity index (χ1n) is 7.40. The van der Waals surface area contributed by atoms with Crippen molar-refractivity contribution in [1.29, 1.82) is 0 Å². The highest BCUT2D eigenvalue weighted by Gasteiger charge is 2.07. The van der Waals surface area contributed by atoms with Crippen molar-refractivity contribution in [2.45, 2.75) is 20.1 Å². The molecule has 0 saturated carbocycles. The number of rotatable bonds is 8. The van der Waals surface area contributed by atoms with Crippen LogP contribution in [0.25, 0.3) is 0 Å². The molecule has 2 aromatic carbocycles. The van der Waals surface area contributed by atoms with Gasteiger partial charge in [0.2, 0.25) is 0 Å². The van der Waals surface area contributed by atoms with Gasteiger partial charge in [0, 0.05) is 13.1 Å². The average molecular weight is 334 g/mol. The van der Waals surface area contributed by atoms with Crippen LogP contribution in [0.2, 0.25) is 0 Å². The van der Waals surface area contributed by atoms with Crippen LogP contribution in [0, 0.1) is 6.92 Å². The van der Waals surface area contributed by atoms with E-state index in [4.69, 9.17) is 9.47 Å². The van der Waals surface area contributed by atoms with Crippen LogP contribution in [0.5, 0.6) is 11.5 Å². The van der Waals surface area contributed by atoms with Gasteiger partial charge in [-0.3, -0.25) is 0 Å². The molecular weight excluding hydrogens is 310 g/mol. The third-order valence-corrected chi connectivity index (χ3v) is 3.49. The van der Waals surface area contributed by atoms with Gasteiger partial charge in [-0.2, -0.15) is 0 Å². The Hall–Kier alpha value is -1.97. The van der Waals surface area contributed by atoms with Gasteiger partial charge in [-0.15, -0.1) is 19.0 Å². The summed E-state index contributed by atoms with van der Waals surface area (Å²) in [6.45, 7) is 7.88. The number of ether oxygens (including phenoxy) is 2. The largest absolute Gasteiger partial charge is 0.493 e. The van der Waals surface area contributed by atoms with Gasteiger partial charge in [-0.1, -0.05) is 36.4 Å². The Bertz CT molecular complexity index is 629. The topological polar surface area (TPSA) is 30.5 Å². The number of aryl methyl sites for hydroxylation is 1. The third kappa shape index (κ3) is 5.62. The lowest BCUT2D eigenvalue weighted by molar-refractivity contribution is 0.283. The Morgan fingerprint density at radius 2 is 1.91 bits per heavy atom. The number of benzene rings is 2. The van der Waals surface area contributed by atoms with Crippen LogP contribution in [-0.4, -0.2) is 13.7 Å². The van der Waals surface area contributed by atoms with Crippen LogP contribution < -0.4 is 14.8 Å². The molecule has 0 atom stereocenters. The summed E-state index contributed by atoms with van der Waals surface area (Å²) in [4.78, 5) is 0. The SMILES string of the molecule is C=CCNCc1ccc(OCc2ccccc2C)c(OC)c1.Cl. The summed E-state index contributed by atoms with van der Waals surface area (Å²) in [5, 5.41) is 3.27. The van der Waals surface area contributed by atoms with E-state index < -0.39 is 0 Å². The highest BCUT2D eigenvalue weighted by Crippen LogP contribution is 2.29. The molecule has 124 valence electrons. The molecule has 0 aliphatic heterocycles. The Morgan fingerprint density at radius 1 is 1.13 bits per heavy atom. The smallest absolute Gasteiger partial charge is 0.161 e. The van der Waals surface area contributed by atoms with E-state index in [-0.39, 0.29) is 12.4 Å². The molecule has 0 radical (unpaired) electrons. The lowest BCUT2D eigenvalue weighted by Crippen LogP contribution is -2.12. The van der Waals surface area contributed by atoms with Gasteiger partial charge < -0.3 is 14.8 Å². The molecule has 3 nitrogen and oxygen atoms in total. The van der Waals surface area contributed by atoms with E-state index in [1.807, 2.05) is 36.4 Å².